The molecule has 2 aliphatic rings. The summed E-state index contributed by atoms with van der Waals surface area (Å²) in [5.41, 5.74) is 6.64. The monoisotopic (exact) mass is 153 g/mol. The van der Waals surface area contributed by atoms with Gasteiger partial charge < -0.3 is 5.73 Å². The molecule has 64 valence electrons. The molecular weight excluding hydrogens is 134 g/mol. The van der Waals surface area contributed by atoms with Gasteiger partial charge in [-0.2, -0.15) is 0 Å². The Balaban J connectivity index is 2.07. The average molecular weight is 153 g/mol. The van der Waals surface area contributed by atoms with Gasteiger partial charge in [-0.3, -0.25) is 0 Å². The minimum Gasteiger partial charge on any atom is -0.327 e. The lowest BCUT2D eigenvalue weighted by Crippen LogP contribution is -2.32. The van der Waals surface area contributed by atoms with Crippen molar-refractivity contribution < 1.29 is 0 Å². The standard InChI is InChI=1S/C10H19N/c1-6-4-7-8(5-9(6)11)10(7,2)3/h6-9H,4-5,11H2,1-3H3/t6-,7+,8-,9-/m1/s1. The van der Waals surface area contributed by atoms with E-state index < -0.39 is 0 Å². The summed E-state index contributed by atoms with van der Waals surface area (Å²) in [7, 11) is 0. The smallest absolute Gasteiger partial charge is 0.00675 e. The van der Waals surface area contributed by atoms with Crippen molar-refractivity contribution in [3.8, 4) is 0 Å². The van der Waals surface area contributed by atoms with Crippen molar-refractivity contribution in [2.75, 3.05) is 0 Å². The van der Waals surface area contributed by atoms with Crippen LogP contribution in [-0.2, 0) is 0 Å². The highest BCUT2D eigenvalue weighted by Crippen LogP contribution is 2.65. The summed E-state index contributed by atoms with van der Waals surface area (Å²) >= 11 is 0. The first-order valence-corrected chi connectivity index (χ1v) is 4.79. The molecule has 2 N–H and O–H groups in total. The Bertz CT molecular complexity index is 156. The fraction of sp³-hybridized carbons (Fsp3) is 1.00. The summed E-state index contributed by atoms with van der Waals surface area (Å²) in [6.45, 7) is 7.09. The first kappa shape index (κ1) is 7.60. The molecule has 2 aliphatic carbocycles. The molecule has 0 unspecified atom stereocenters. The zero-order valence-corrected chi connectivity index (χ0v) is 7.80. The Morgan fingerprint density at radius 1 is 1.18 bits per heavy atom. The first-order chi connectivity index (χ1) is 5.03. The lowest BCUT2D eigenvalue weighted by atomic mass is 9.87. The van der Waals surface area contributed by atoms with Crippen LogP contribution in [0.3, 0.4) is 0 Å². The van der Waals surface area contributed by atoms with E-state index in [1.165, 1.54) is 12.8 Å². The van der Waals surface area contributed by atoms with Gasteiger partial charge in [0, 0.05) is 6.04 Å². The van der Waals surface area contributed by atoms with Crippen LogP contribution in [0.4, 0.5) is 0 Å². The van der Waals surface area contributed by atoms with Crippen LogP contribution in [0.15, 0.2) is 0 Å². The van der Waals surface area contributed by atoms with Crippen LogP contribution < -0.4 is 5.73 Å². The number of hydrogen-bond acceptors (Lipinski definition) is 1. The van der Waals surface area contributed by atoms with E-state index >= 15 is 0 Å². The van der Waals surface area contributed by atoms with Crippen molar-refractivity contribution in [1.82, 2.24) is 0 Å². The maximum atomic E-state index is 6.02. The molecule has 4 atom stereocenters. The Morgan fingerprint density at radius 3 is 2.27 bits per heavy atom. The van der Waals surface area contributed by atoms with Gasteiger partial charge >= 0.3 is 0 Å². The zero-order valence-electron chi connectivity index (χ0n) is 7.80. The van der Waals surface area contributed by atoms with E-state index in [1.54, 1.807) is 0 Å². The second-order valence-corrected chi connectivity index (χ2v) is 5.15. The van der Waals surface area contributed by atoms with Gasteiger partial charge in [-0.25, -0.2) is 0 Å². The molecule has 1 nitrogen and oxygen atoms in total. The van der Waals surface area contributed by atoms with Gasteiger partial charge in [0.05, 0.1) is 0 Å². The molecule has 11 heavy (non-hydrogen) atoms. The van der Waals surface area contributed by atoms with Gasteiger partial charge in [-0.05, 0) is 36.0 Å². The number of nitrogens with two attached hydrogens (primary N) is 1. The Labute approximate surface area is 69.4 Å². The van der Waals surface area contributed by atoms with Crippen molar-refractivity contribution in [2.45, 2.75) is 39.7 Å². The second kappa shape index (κ2) is 2.01. The summed E-state index contributed by atoms with van der Waals surface area (Å²) in [6, 6.07) is 0.484. The van der Waals surface area contributed by atoms with Crippen molar-refractivity contribution in [1.29, 1.82) is 0 Å². The average Bonchev–Trinajstić information content (AvgIpc) is 2.39. The third-order valence-corrected chi connectivity index (χ3v) is 4.17. The van der Waals surface area contributed by atoms with E-state index in [4.69, 9.17) is 5.73 Å². The molecule has 0 aromatic carbocycles. The molecule has 0 heterocycles. The number of hydrogen-bond donors (Lipinski definition) is 1. The fourth-order valence-electron chi connectivity index (χ4n) is 2.89. The minimum atomic E-state index is 0.484. The van der Waals surface area contributed by atoms with E-state index in [2.05, 4.69) is 20.8 Å². The second-order valence-electron chi connectivity index (χ2n) is 5.15. The molecule has 0 aromatic rings. The van der Waals surface area contributed by atoms with Crippen molar-refractivity contribution in [3.05, 3.63) is 0 Å². The molecule has 0 spiro atoms. The Hall–Kier alpha value is -0.0400. The molecule has 2 fully saturated rings. The summed E-state index contributed by atoms with van der Waals surface area (Å²) < 4.78 is 0. The molecule has 0 aromatic heterocycles. The van der Waals surface area contributed by atoms with Crippen LogP contribution in [0, 0.1) is 23.2 Å². The fourth-order valence-corrected chi connectivity index (χ4v) is 2.89. The van der Waals surface area contributed by atoms with Gasteiger partial charge in [0.15, 0.2) is 0 Å². The summed E-state index contributed by atoms with van der Waals surface area (Å²) in [4.78, 5) is 0. The minimum absolute atomic E-state index is 0.484. The third-order valence-electron chi connectivity index (χ3n) is 4.17. The van der Waals surface area contributed by atoms with Crippen LogP contribution in [0.1, 0.15) is 33.6 Å². The van der Waals surface area contributed by atoms with Gasteiger partial charge in [-0.1, -0.05) is 20.8 Å². The van der Waals surface area contributed by atoms with E-state index in [1.807, 2.05) is 0 Å². The van der Waals surface area contributed by atoms with Crippen LogP contribution in [-0.4, -0.2) is 6.04 Å². The SMILES string of the molecule is C[C@@H]1C[C@H]2[C@@H](C[C@H]1N)C2(C)C. The lowest BCUT2D eigenvalue weighted by molar-refractivity contribution is 0.317. The third kappa shape index (κ3) is 0.936. The lowest BCUT2D eigenvalue weighted by Gasteiger charge is -2.23. The molecule has 2 rings (SSSR count). The maximum Gasteiger partial charge on any atom is 0.00675 e. The molecular formula is C10H19N. The maximum absolute atomic E-state index is 6.02. The topological polar surface area (TPSA) is 26.0 Å². The summed E-state index contributed by atoms with van der Waals surface area (Å²) in [6.07, 6.45) is 2.65. The van der Waals surface area contributed by atoms with Gasteiger partial charge in [0.25, 0.3) is 0 Å². The highest BCUT2D eigenvalue weighted by atomic mass is 14.7. The van der Waals surface area contributed by atoms with E-state index in [9.17, 15) is 0 Å². The van der Waals surface area contributed by atoms with Crippen molar-refractivity contribution in [3.63, 3.8) is 0 Å². The molecule has 0 bridgehead atoms. The van der Waals surface area contributed by atoms with E-state index in [0.29, 0.717) is 11.5 Å². The molecule has 0 saturated heterocycles. The highest BCUT2D eigenvalue weighted by Gasteiger charge is 2.59. The molecule has 1 heteroatoms. The quantitative estimate of drug-likeness (QED) is 0.566. The van der Waals surface area contributed by atoms with Gasteiger partial charge in [0.1, 0.15) is 0 Å². The molecule has 0 radical (unpaired) electrons. The Morgan fingerprint density at radius 2 is 1.73 bits per heavy atom. The van der Waals surface area contributed by atoms with Crippen LogP contribution in [0.5, 0.6) is 0 Å². The Kier molecular flexibility index (Phi) is 1.39. The predicted octanol–water partition coefficient (Wildman–Crippen LogP) is 2.02. The van der Waals surface area contributed by atoms with Crippen molar-refractivity contribution in [2.24, 2.45) is 28.9 Å². The van der Waals surface area contributed by atoms with E-state index in [-0.39, 0.29) is 0 Å². The summed E-state index contributed by atoms with van der Waals surface area (Å²) in [5.74, 6) is 2.71. The number of rotatable bonds is 0. The molecule has 2 saturated carbocycles. The predicted molar refractivity (Wildman–Crippen MR) is 47.1 cm³/mol. The van der Waals surface area contributed by atoms with Gasteiger partial charge in [0.2, 0.25) is 0 Å². The highest BCUT2D eigenvalue weighted by molar-refractivity contribution is 5.09. The van der Waals surface area contributed by atoms with Crippen LogP contribution in [0.25, 0.3) is 0 Å². The largest absolute Gasteiger partial charge is 0.327 e. The first-order valence-electron chi connectivity index (χ1n) is 4.79. The molecule has 0 aliphatic heterocycles. The normalized spacial score (nSPS) is 53.5. The van der Waals surface area contributed by atoms with Gasteiger partial charge in [-0.15, -0.1) is 0 Å². The van der Waals surface area contributed by atoms with E-state index in [0.717, 1.165) is 17.8 Å². The number of fused-ring (bicyclic) bond motifs is 1. The molecule has 0 amide bonds. The van der Waals surface area contributed by atoms with Crippen molar-refractivity contribution >= 4 is 0 Å². The zero-order chi connectivity index (χ0) is 8.22. The van der Waals surface area contributed by atoms with Crippen LogP contribution >= 0.6 is 0 Å². The van der Waals surface area contributed by atoms with Crippen LogP contribution in [0.2, 0.25) is 0 Å². The summed E-state index contributed by atoms with van der Waals surface area (Å²) in [5, 5.41) is 0.